The third-order valence-corrected chi connectivity index (χ3v) is 2.69. The molecule has 0 fully saturated rings. The van der Waals surface area contributed by atoms with Crippen molar-refractivity contribution in [3.63, 3.8) is 0 Å². The quantitative estimate of drug-likeness (QED) is 0.875. The highest BCUT2D eigenvalue weighted by Crippen LogP contribution is 2.25. The highest BCUT2D eigenvalue weighted by molar-refractivity contribution is 5.39. The van der Waals surface area contributed by atoms with E-state index in [1.54, 1.807) is 0 Å². The summed E-state index contributed by atoms with van der Waals surface area (Å²) >= 11 is 0. The van der Waals surface area contributed by atoms with Crippen LogP contribution in [0.4, 0.5) is 8.78 Å². The number of alkyl halides is 2. The minimum atomic E-state index is -2.70. The van der Waals surface area contributed by atoms with E-state index in [1.807, 2.05) is 18.2 Å². The van der Waals surface area contributed by atoms with Crippen LogP contribution in [0.3, 0.4) is 0 Å². The number of halogens is 2. The molecule has 2 N–H and O–H groups in total. The van der Waals surface area contributed by atoms with Gasteiger partial charge in [-0.25, -0.2) is 0 Å². The van der Waals surface area contributed by atoms with Crippen LogP contribution in [-0.2, 0) is 17.6 Å². The van der Waals surface area contributed by atoms with Gasteiger partial charge >= 0.3 is 6.61 Å². The van der Waals surface area contributed by atoms with E-state index < -0.39 is 6.61 Å². The van der Waals surface area contributed by atoms with Crippen molar-refractivity contribution in [2.45, 2.75) is 25.5 Å². The Kier molecular flexibility index (Phi) is 3.91. The lowest BCUT2D eigenvalue weighted by Gasteiger charge is -2.22. The molecule has 0 aliphatic carbocycles. The summed E-state index contributed by atoms with van der Waals surface area (Å²) in [5.74, 6) is 0.838. The fourth-order valence-electron chi connectivity index (χ4n) is 1.89. The second-order valence-corrected chi connectivity index (χ2v) is 4.10. The van der Waals surface area contributed by atoms with E-state index in [1.165, 1.54) is 0 Å². The molecule has 1 heterocycles. The third-order valence-electron chi connectivity index (χ3n) is 2.69. The summed E-state index contributed by atoms with van der Waals surface area (Å²) in [7, 11) is 0. The molecule has 0 saturated carbocycles. The normalized spacial score (nSPS) is 18.9. The highest BCUT2D eigenvalue weighted by atomic mass is 19.3. The van der Waals surface area contributed by atoms with Crippen molar-refractivity contribution in [2.75, 3.05) is 13.2 Å². The lowest BCUT2D eigenvalue weighted by Crippen LogP contribution is -2.33. The van der Waals surface area contributed by atoms with Crippen LogP contribution in [0.1, 0.15) is 11.1 Å². The maximum Gasteiger partial charge on any atom is 0.345 e. The molecule has 94 valence electrons. The van der Waals surface area contributed by atoms with Gasteiger partial charge in [0.15, 0.2) is 0 Å². The van der Waals surface area contributed by atoms with Gasteiger partial charge in [-0.15, -0.1) is 0 Å². The third kappa shape index (κ3) is 3.38. The Hall–Kier alpha value is -1.20. The van der Waals surface area contributed by atoms with Crippen LogP contribution >= 0.6 is 0 Å². The standard InChI is InChI=1S/C12H15F2NO2/c13-12(14)16-4-3-8-1-2-11-9(5-8)6-10(15)7-17-11/h1-2,5,10,12H,3-4,6-7,15H2. The van der Waals surface area contributed by atoms with E-state index in [9.17, 15) is 8.78 Å². The van der Waals surface area contributed by atoms with Crippen molar-refractivity contribution >= 4 is 0 Å². The molecule has 17 heavy (non-hydrogen) atoms. The Morgan fingerprint density at radius 1 is 1.47 bits per heavy atom. The summed E-state index contributed by atoms with van der Waals surface area (Å²) in [4.78, 5) is 0. The van der Waals surface area contributed by atoms with Crippen molar-refractivity contribution in [1.29, 1.82) is 0 Å². The average Bonchev–Trinajstić information content (AvgIpc) is 2.28. The number of hydrogen-bond acceptors (Lipinski definition) is 3. The van der Waals surface area contributed by atoms with E-state index >= 15 is 0 Å². The van der Waals surface area contributed by atoms with Crippen LogP contribution < -0.4 is 10.5 Å². The molecule has 1 aliphatic heterocycles. The monoisotopic (exact) mass is 243 g/mol. The van der Waals surface area contributed by atoms with Gasteiger partial charge in [-0.05, 0) is 30.0 Å². The minimum Gasteiger partial charge on any atom is -0.492 e. The van der Waals surface area contributed by atoms with Crippen molar-refractivity contribution in [3.8, 4) is 5.75 Å². The fraction of sp³-hybridized carbons (Fsp3) is 0.500. The summed E-state index contributed by atoms with van der Waals surface area (Å²) in [6, 6.07) is 5.68. The molecule has 1 unspecified atom stereocenters. The molecule has 0 amide bonds. The summed E-state index contributed by atoms with van der Waals surface area (Å²) in [5.41, 5.74) is 7.79. The van der Waals surface area contributed by atoms with Gasteiger partial charge in [-0.3, -0.25) is 0 Å². The van der Waals surface area contributed by atoms with E-state index in [2.05, 4.69) is 4.74 Å². The molecule has 1 atom stereocenters. The average molecular weight is 243 g/mol. The first-order valence-corrected chi connectivity index (χ1v) is 5.55. The number of hydrogen-bond donors (Lipinski definition) is 1. The molecular formula is C12H15F2NO2. The van der Waals surface area contributed by atoms with E-state index in [0.29, 0.717) is 13.0 Å². The first-order valence-electron chi connectivity index (χ1n) is 5.55. The summed E-state index contributed by atoms with van der Waals surface area (Å²) in [6.07, 6.45) is 1.23. The Bertz CT molecular complexity index is 385. The Morgan fingerprint density at radius 2 is 2.29 bits per heavy atom. The van der Waals surface area contributed by atoms with E-state index in [-0.39, 0.29) is 12.6 Å². The molecule has 0 saturated heterocycles. The summed E-state index contributed by atoms with van der Waals surface area (Å²) in [5, 5.41) is 0. The van der Waals surface area contributed by atoms with Gasteiger partial charge in [0.05, 0.1) is 6.61 Å². The van der Waals surface area contributed by atoms with Gasteiger partial charge in [0.25, 0.3) is 0 Å². The van der Waals surface area contributed by atoms with Gasteiger partial charge in [0.1, 0.15) is 12.4 Å². The molecular weight excluding hydrogens is 228 g/mol. The fourth-order valence-corrected chi connectivity index (χ4v) is 1.89. The molecule has 0 radical (unpaired) electrons. The van der Waals surface area contributed by atoms with Crippen molar-refractivity contribution in [3.05, 3.63) is 29.3 Å². The Labute approximate surface area is 98.5 Å². The largest absolute Gasteiger partial charge is 0.492 e. The predicted octanol–water partition coefficient (Wildman–Crippen LogP) is 1.73. The maximum atomic E-state index is 11.8. The van der Waals surface area contributed by atoms with Crippen LogP contribution in [0.2, 0.25) is 0 Å². The number of fused-ring (bicyclic) bond motifs is 1. The molecule has 3 nitrogen and oxygen atoms in total. The van der Waals surface area contributed by atoms with Crippen molar-refractivity contribution in [2.24, 2.45) is 5.73 Å². The summed E-state index contributed by atoms with van der Waals surface area (Å²) in [6.45, 7) is -2.16. The van der Waals surface area contributed by atoms with E-state index in [4.69, 9.17) is 10.5 Å². The van der Waals surface area contributed by atoms with Crippen LogP contribution in [0.5, 0.6) is 5.75 Å². The van der Waals surface area contributed by atoms with Crippen molar-refractivity contribution < 1.29 is 18.3 Å². The van der Waals surface area contributed by atoms with Crippen molar-refractivity contribution in [1.82, 2.24) is 0 Å². The lowest BCUT2D eigenvalue weighted by molar-refractivity contribution is -0.127. The SMILES string of the molecule is NC1COc2ccc(CCOC(F)F)cc2C1. The van der Waals surface area contributed by atoms with Crippen LogP contribution in [0.15, 0.2) is 18.2 Å². The Balaban J connectivity index is 1.98. The molecule has 1 aliphatic rings. The zero-order valence-corrected chi connectivity index (χ0v) is 9.36. The first kappa shape index (κ1) is 12.3. The van der Waals surface area contributed by atoms with Gasteiger partial charge in [-0.2, -0.15) is 8.78 Å². The number of nitrogens with two attached hydrogens (primary N) is 1. The first-order chi connectivity index (χ1) is 8.15. The second-order valence-electron chi connectivity index (χ2n) is 4.10. The van der Waals surface area contributed by atoms with Crippen LogP contribution in [0, 0.1) is 0 Å². The smallest absolute Gasteiger partial charge is 0.345 e. The highest BCUT2D eigenvalue weighted by Gasteiger charge is 2.16. The maximum absolute atomic E-state index is 11.8. The number of rotatable bonds is 4. The second kappa shape index (κ2) is 5.42. The van der Waals surface area contributed by atoms with Gasteiger partial charge in [-0.1, -0.05) is 12.1 Å². The zero-order chi connectivity index (χ0) is 12.3. The van der Waals surface area contributed by atoms with Gasteiger partial charge in [0.2, 0.25) is 0 Å². The minimum absolute atomic E-state index is 0.00932. The van der Waals surface area contributed by atoms with Gasteiger partial charge in [0, 0.05) is 6.04 Å². The molecule has 2 rings (SSSR count). The molecule has 0 bridgehead atoms. The lowest BCUT2D eigenvalue weighted by atomic mass is 10.00. The summed E-state index contributed by atoms with van der Waals surface area (Å²) < 4.78 is 33.3. The Morgan fingerprint density at radius 3 is 3.06 bits per heavy atom. The van der Waals surface area contributed by atoms with Crippen LogP contribution in [0.25, 0.3) is 0 Å². The number of benzene rings is 1. The molecule has 1 aromatic carbocycles. The van der Waals surface area contributed by atoms with Gasteiger partial charge < -0.3 is 15.2 Å². The predicted molar refractivity (Wildman–Crippen MR) is 59.3 cm³/mol. The van der Waals surface area contributed by atoms with Crippen LogP contribution in [-0.4, -0.2) is 25.9 Å². The number of ether oxygens (including phenoxy) is 2. The topological polar surface area (TPSA) is 44.5 Å². The molecule has 5 heteroatoms. The van der Waals surface area contributed by atoms with E-state index in [0.717, 1.165) is 23.3 Å². The molecule has 1 aromatic rings. The molecule has 0 spiro atoms. The molecule has 0 aromatic heterocycles. The zero-order valence-electron chi connectivity index (χ0n) is 9.36.